The Bertz CT molecular complexity index is 397. The summed E-state index contributed by atoms with van der Waals surface area (Å²) in [6.45, 7) is 2.72. The first-order chi connectivity index (χ1) is 7.62. The van der Waals surface area contributed by atoms with Crippen LogP contribution >= 0.6 is 0 Å². The van der Waals surface area contributed by atoms with Gasteiger partial charge in [-0.2, -0.15) is 0 Å². The van der Waals surface area contributed by atoms with Gasteiger partial charge in [0.1, 0.15) is 0 Å². The molecule has 16 heavy (non-hydrogen) atoms. The number of hydrogen-bond donors (Lipinski definition) is 1. The van der Waals surface area contributed by atoms with Crippen molar-refractivity contribution in [1.82, 2.24) is 4.98 Å². The molecule has 0 aliphatic carbocycles. The minimum Gasteiger partial charge on any atom is -0.481 e. The molecule has 0 amide bonds. The third kappa shape index (κ3) is 2.07. The summed E-state index contributed by atoms with van der Waals surface area (Å²) >= 11 is 0. The summed E-state index contributed by atoms with van der Waals surface area (Å²) in [5.74, 6) is -0.784. The van der Waals surface area contributed by atoms with Crippen LogP contribution in [0, 0.1) is 12.3 Å². The number of rotatable bonds is 3. The topological polar surface area (TPSA) is 59.4 Å². The molecule has 1 atom stereocenters. The first-order valence-electron chi connectivity index (χ1n) is 5.36. The molecular formula is C12H15NO3. The van der Waals surface area contributed by atoms with E-state index in [0.717, 1.165) is 11.4 Å². The zero-order valence-electron chi connectivity index (χ0n) is 9.27. The van der Waals surface area contributed by atoms with Gasteiger partial charge in [-0.15, -0.1) is 0 Å². The van der Waals surface area contributed by atoms with Crippen LogP contribution in [0.1, 0.15) is 17.8 Å². The summed E-state index contributed by atoms with van der Waals surface area (Å²) < 4.78 is 5.22. The molecule has 4 heteroatoms. The Morgan fingerprint density at radius 3 is 3.00 bits per heavy atom. The molecule has 1 saturated heterocycles. The largest absolute Gasteiger partial charge is 0.481 e. The number of carboxylic acid groups (broad SMARTS) is 1. The van der Waals surface area contributed by atoms with Crippen LogP contribution in [-0.2, 0) is 16.0 Å². The minimum atomic E-state index is -0.784. The van der Waals surface area contributed by atoms with Crippen molar-refractivity contribution in [2.24, 2.45) is 5.41 Å². The molecule has 1 aromatic rings. The summed E-state index contributed by atoms with van der Waals surface area (Å²) in [6.07, 6.45) is 1.02. The fourth-order valence-electron chi connectivity index (χ4n) is 2.04. The van der Waals surface area contributed by atoms with E-state index in [1.807, 2.05) is 25.1 Å². The molecule has 0 saturated carbocycles. The molecule has 4 nitrogen and oxygen atoms in total. The second-order valence-electron chi connectivity index (χ2n) is 4.34. The Balaban J connectivity index is 2.21. The molecule has 0 bridgehead atoms. The van der Waals surface area contributed by atoms with Gasteiger partial charge in [0.2, 0.25) is 0 Å². The Morgan fingerprint density at radius 2 is 2.44 bits per heavy atom. The van der Waals surface area contributed by atoms with Crippen molar-refractivity contribution >= 4 is 5.97 Å². The van der Waals surface area contributed by atoms with Crippen molar-refractivity contribution in [1.29, 1.82) is 0 Å². The van der Waals surface area contributed by atoms with Gasteiger partial charge in [-0.3, -0.25) is 9.78 Å². The lowest BCUT2D eigenvalue weighted by Gasteiger charge is -2.21. The minimum absolute atomic E-state index is 0.290. The highest BCUT2D eigenvalue weighted by molar-refractivity contribution is 5.75. The van der Waals surface area contributed by atoms with Crippen LogP contribution < -0.4 is 0 Å². The van der Waals surface area contributed by atoms with Gasteiger partial charge in [0.25, 0.3) is 0 Å². The van der Waals surface area contributed by atoms with Crippen LogP contribution in [0.2, 0.25) is 0 Å². The van der Waals surface area contributed by atoms with E-state index in [-0.39, 0.29) is 6.61 Å². The third-order valence-corrected chi connectivity index (χ3v) is 3.02. The summed E-state index contributed by atoms with van der Waals surface area (Å²) in [5.41, 5.74) is 0.964. The molecule has 1 aliphatic rings. The molecule has 0 aromatic carbocycles. The molecule has 86 valence electrons. The number of nitrogens with zero attached hydrogens (tertiary/aromatic N) is 1. The lowest BCUT2D eigenvalue weighted by molar-refractivity contribution is -0.148. The Hall–Kier alpha value is -1.42. The smallest absolute Gasteiger partial charge is 0.312 e. The Kier molecular flexibility index (Phi) is 2.92. The van der Waals surface area contributed by atoms with E-state index in [0.29, 0.717) is 19.4 Å². The monoisotopic (exact) mass is 221 g/mol. The molecule has 1 aromatic heterocycles. The van der Waals surface area contributed by atoms with Crippen molar-refractivity contribution in [3.63, 3.8) is 0 Å². The van der Waals surface area contributed by atoms with Crippen LogP contribution in [-0.4, -0.2) is 29.3 Å². The number of carbonyl (C=O) groups is 1. The van der Waals surface area contributed by atoms with Crippen LogP contribution in [0.3, 0.4) is 0 Å². The second-order valence-corrected chi connectivity index (χ2v) is 4.34. The van der Waals surface area contributed by atoms with Crippen LogP contribution in [0.4, 0.5) is 0 Å². The van der Waals surface area contributed by atoms with E-state index < -0.39 is 11.4 Å². The maximum Gasteiger partial charge on any atom is 0.312 e. The van der Waals surface area contributed by atoms with E-state index >= 15 is 0 Å². The van der Waals surface area contributed by atoms with Crippen molar-refractivity contribution < 1.29 is 14.6 Å². The average molecular weight is 221 g/mol. The molecule has 0 radical (unpaired) electrons. The third-order valence-electron chi connectivity index (χ3n) is 3.02. The Labute approximate surface area is 94.3 Å². The zero-order chi connectivity index (χ0) is 11.6. The van der Waals surface area contributed by atoms with Crippen LogP contribution in [0.5, 0.6) is 0 Å². The van der Waals surface area contributed by atoms with E-state index in [4.69, 9.17) is 4.74 Å². The standard InChI is InChI=1S/C12H15NO3/c1-9-3-2-4-10(13-9)7-12(11(14)15)5-6-16-8-12/h2-4H,5-8H2,1H3,(H,14,15). The molecule has 1 unspecified atom stereocenters. The number of ether oxygens (including phenoxy) is 1. The fraction of sp³-hybridized carbons (Fsp3) is 0.500. The summed E-state index contributed by atoms with van der Waals surface area (Å²) in [7, 11) is 0. The number of carboxylic acids is 1. The quantitative estimate of drug-likeness (QED) is 0.838. The fourth-order valence-corrected chi connectivity index (χ4v) is 2.04. The maximum absolute atomic E-state index is 11.3. The van der Waals surface area contributed by atoms with Crippen LogP contribution in [0.15, 0.2) is 18.2 Å². The van der Waals surface area contributed by atoms with Gasteiger partial charge >= 0.3 is 5.97 Å². The second kappa shape index (κ2) is 4.22. The molecule has 2 heterocycles. The summed E-state index contributed by atoms with van der Waals surface area (Å²) in [5, 5.41) is 9.29. The molecule has 1 N–H and O–H groups in total. The van der Waals surface area contributed by atoms with E-state index in [1.165, 1.54) is 0 Å². The summed E-state index contributed by atoms with van der Waals surface area (Å²) in [6, 6.07) is 5.68. The van der Waals surface area contributed by atoms with Crippen molar-refractivity contribution in [2.45, 2.75) is 19.8 Å². The number of pyridine rings is 1. The lowest BCUT2D eigenvalue weighted by atomic mass is 9.82. The van der Waals surface area contributed by atoms with E-state index in [9.17, 15) is 9.90 Å². The van der Waals surface area contributed by atoms with Crippen molar-refractivity contribution in [3.8, 4) is 0 Å². The van der Waals surface area contributed by atoms with Gasteiger partial charge in [-0.25, -0.2) is 0 Å². The number of hydrogen-bond acceptors (Lipinski definition) is 3. The SMILES string of the molecule is Cc1cccc(CC2(C(=O)O)CCOC2)n1. The first kappa shape index (κ1) is 11.1. The van der Waals surface area contributed by atoms with Crippen molar-refractivity contribution in [2.75, 3.05) is 13.2 Å². The molecule has 1 fully saturated rings. The number of aliphatic carboxylic acids is 1. The van der Waals surface area contributed by atoms with Gasteiger partial charge in [0.05, 0.1) is 12.0 Å². The maximum atomic E-state index is 11.3. The lowest BCUT2D eigenvalue weighted by Crippen LogP contribution is -2.34. The van der Waals surface area contributed by atoms with E-state index in [1.54, 1.807) is 0 Å². The van der Waals surface area contributed by atoms with Crippen LogP contribution in [0.25, 0.3) is 0 Å². The average Bonchev–Trinajstić information content (AvgIpc) is 2.67. The first-order valence-corrected chi connectivity index (χ1v) is 5.36. The Morgan fingerprint density at radius 1 is 1.62 bits per heavy atom. The predicted molar refractivity (Wildman–Crippen MR) is 58.2 cm³/mol. The number of aromatic nitrogens is 1. The molecule has 1 aliphatic heterocycles. The number of aryl methyl sites for hydroxylation is 1. The highest BCUT2D eigenvalue weighted by atomic mass is 16.5. The highest BCUT2D eigenvalue weighted by Gasteiger charge is 2.42. The predicted octanol–water partition coefficient (Wildman–Crippen LogP) is 1.42. The summed E-state index contributed by atoms with van der Waals surface area (Å²) in [4.78, 5) is 15.7. The molecule has 2 rings (SSSR count). The normalized spacial score (nSPS) is 24.6. The van der Waals surface area contributed by atoms with Gasteiger partial charge in [0, 0.05) is 24.4 Å². The zero-order valence-corrected chi connectivity index (χ0v) is 9.27. The van der Waals surface area contributed by atoms with E-state index in [2.05, 4.69) is 4.98 Å². The van der Waals surface area contributed by atoms with Gasteiger partial charge in [0.15, 0.2) is 0 Å². The molecule has 0 spiro atoms. The van der Waals surface area contributed by atoms with Crippen molar-refractivity contribution in [3.05, 3.63) is 29.6 Å². The van der Waals surface area contributed by atoms with Gasteiger partial charge in [-0.1, -0.05) is 6.07 Å². The highest BCUT2D eigenvalue weighted by Crippen LogP contribution is 2.32. The molecular weight excluding hydrogens is 206 g/mol. The van der Waals surface area contributed by atoms with Gasteiger partial charge in [-0.05, 0) is 25.5 Å². The van der Waals surface area contributed by atoms with Gasteiger partial charge < -0.3 is 9.84 Å².